The van der Waals surface area contributed by atoms with Crippen LogP contribution in [0.2, 0.25) is 0 Å². The van der Waals surface area contributed by atoms with Crippen LogP contribution in [0.1, 0.15) is 13.3 Å². The zero-order chi connectivity index (χ0) is 13.7. The lowest BCUT2D eigenvalue weighted by atomic mass is 10.3. The van der Waals surface area contributed by atoms with E-state index in [9.17, 15) is 4.79 Å². The lowest BCUT2D eigenvalue weighted by Crippen LogP contribution is -2.25. The molecular weight excluding hydrogens is 262 g/mol. The summed E-state index contributed by atoms with van der Waals surface area (Å²) in [5.41, 5.74) is 1.79. The van der Waals surface area contributed by atoms with E-state index in [0.29, 0.717) is 5.75 Å². The number of thioether (sulfide) groups is 1. The number of aromatic amines is 1. The van der Waals surface area contributed by atoms with Crippen molar-refractivity contribution in [3.8, 4) is 5.75 Å². The van der Waals surface area contributed by atoms with Crippen LogP contribution in [0.25, 0.3) is 11.0 Å². The van der Waals surface area contributed by atoms with Gasteiger partial charge in [-0.3, -0.25) is 4.79 Å². The largest absolute Gasteiger partial charge is 0.497 e. The van der Waals surface area contributed by atoms with Crippen molar-refractivity contribution in [2.75, 3.05) is 19.4 Å². The summed E-state index contributed by atoms with van der Waals surface area (Å²) in [6.45, 7) is 2.75. The molecule has 0 radical (unpaired) electrons. The summed E-state index contributed by atoms with van der Waals surface area (Å²) in [4.78, 5) is 19.1. The number of ether oxygens (including phenoxy) is 1. The van der Waals surface area contributed by atoms with Crippen LogP contribution in [0.4, 0.5) is 0 Å². The van der Waals surface area contributed by atoms with Crippen molar-refractivity contribution in [3.05, 3.63) is 18.2 Å². The number of methoxy groups -OCH3 is 1. The van der Waals surface area contributed by atoms with Crippen molar-refractivity contribution in [1.29, 1.82) is 0 Å². The summed E-state index contributed by atoms with van der Waals surface area (Å²) in [6, 6.07) is 5.65. The smallest absolute Gasteiger partial charge is 0.230 e. The highest BCUT2D eigenvalue weighted by atomic mass is 32.2. The quantitative estimate of drug-likeness (QED) is 0.795. The van der Waals surface area contributed by atoms with E-state index < -0.39 is 0 Å². The third-order valence-corrected chi connectivity index (χ3v) is 3.45. The maximum atomic E-state index is 11.5. The van der Waals surface area contributed by atoms with Crippen LogP contribution in [-0.2, 0) is 4.79 Å². The van der Waals surface area contributed by atoms with Gasteiger partial charge in [-0.1, -0.05) is 18.7 Å². The van der Waals surface area contributed by atoms with Gasteiger partial charge in [-0.2, -0.15) is 0 Å². The third-order valence-electron chi connectivity index (χ3n) is 2.58. The number of hydrogen-bond acceptors (Lipinski definition) is 4. The molecule has 6 heteroatoms. The van der Waals surface area contributed by atoms with Gasteiger partial charge < -0.3 is 15.0 Å². The summed E-state index contributed by atoms with van der Waals surface area (Å²) >= 11 is 1.40. The second kappa shape index (κ2) is 6.47. The molecule has 1 amide bonds. The number of carbonyl (C=O) groups excluding carboxylic acids is 1. The maximum absolute atomic E-state index is 11.5. The van der Waals surface area contributed by atoms with Gasteiger partial charge in [0, 0.05) is 12.6 Å². The fourth-order valence-corrected chi connectivity index (χ4v) is 2.32. The molecule has 0 atom stereocenters. The lowest BCUT2D eigenvalue weighted by molar-refractivity contribution is -0.118. The molecule has 0 spiro atoms. The van der Waals surface area contributed by atoms with Gasteiger partial charge >= 0.3 is 0 Å². The lowest BCUT2D eigenvalue weighted by Gasteiger charge is -2.00. The molecule has 0 aliphatic rings. The fourth-order valence-electron chi connectivity index (χ4n) is 1.61. The zero-order valence-corrected chi connectivity index (χ0v) is 11.8. The van der Waals surface area contributed by atoms with Crippen LogP contribution in [-0.4, -0.2) is 35.3 Å². The van der Waals surface area contributed by atoms with Crippen LogP contribution in [0.15, 0.2) is 23.4 Å². The molecule has 1 heterocycles. The predicted octanol–water partition coefficient (Wildman–Crippen LogP) is 2.19. The Kier molecular flexibility index (Phi) is 4.68. The van der Waals surface area contributed by atoms with E-state index in [2.05, 4.69) is 15.3 Å². The van der Waals surface area contributed by atoms with E-state index in [1.54, 1.807) is 7.11 Å². The number of aromatic nitrogens is 2. The Morgan fingerprint density at radius 1 is 1.53 bits per heavy atom. The second-order valence-corrected chi connectivity index (χ2v) is 5.03. The van der Waals surface area contributed by atoms with Crippen molar-refractivity contribution in [2.24, 2.45) is 0 Å². The van der Waals surface area contributed by atoms with Crippen LogP contribution in [0.3, 0.4) is 0 Å². The van der Waals surface area contributed by atoms with Crippen molar-refractivity contribution in [1.82, 2.24) is 15.3 Å². The molecule has 0 fully saturated rings. The standard InChI is InChI=1S/C13H17N3O2S/c1-3-6-14-12(17)8-19-13-15-10-5-4-9(18-2)7-11(10)16-13/h4-5,7H,3,6,8H2,1-2H3,(H,14,17)(H,15,16). The molecule has 0 saturated heterocycles. The SMILES string of the molecule is CCCNC(=O)CSc1nc2ccc(OC)cc2[nH]1. The highest BCUT2D eigenvalue weighted by Crippen LogP contribution is 2.22. The van der Waals surface area contributed by atoms with Crippen LogP contribution in [0.5, 0.6) is 5.75 Å². The number of nitrogens with zero attached hydrogens (tertiary/aromatic N) is 1. The number of H-pyrrole nitrogens is 1. The highest BCUT2D eigenvalue weighted by Gasteiger charge is 2.07. The summed E-state index contributed by atoms with van der Waals surface area (Å²) in [7, 11) is 1.63. The minimum atomic E-state index is 0.0323. The highest BCUT2D eigenvalue weighted by molar-refractivity contribution is 7.99. The van der Waals surface area contributed by atoms with Gasteiger partial charge in [-0.15, -0.1) is 0 Å². The van der Waals surface area contributed by atoms with E-state index in [1.807, 2.05) is 25.1 Å². The molecular formula is C13H17N3O2S. The predicted molar refractivity (Wildman–Crippen MR) is 76.7 cm³/mol. The number of nitrogens with one attached hydrogen (secondary N) is 2. The minimum absolute atomic E-state index is 0.0323. The molecule has 102 valence electrons. The number of fused-ring (bicyclic) bond motifs is 1. The molecule has 2 rings (SSSR count). The van der Waals surface area contributed by atoms with Crippen LogP contribution in [0, 0.1) is 0 Å². The third kappa shape index (κ3) is 3.64. The molecule has 0 unspecified atom stereocenters. The first kappa shape index (κ1) is 13.7. The van der Waals surface area contributed by atoms with Gasteiger partial charge in [0.25, 0.3) is 0 Å². The number of hydrogen-bond donors (Lipinski definition) is 2. The van der Waals surface area contributed by atoms with Gasteiger partial charge in [-0.25, -0.2) is 4.98 Å². The Hall–Kier alpha value is -1.69. The van der Waals surface area contributed by atoms with Gasteiger partial charge in [-0.05, 0) is 18.6 Å². The number of rotatable bonds is 6. The summed E-state index contributed by atoms with van der Waals surface area (Å²) in [5, 5.41) is 3.58. The van der Waals surface area contributed by atoms with Gasteiger partial charge in [0.2, 0.25) is 5.91 Å². The second-order valence-electron chi connectivity index (χ2n) is 4.06. The van der Waals surface area contributed by atoms with Crippen molar-refractivity contribution in [3.63, 3.8) is 0 Å². The molecule has 0 bridgehead atoms. The van der Waals surface area contributed by atoms with E-state index in [-0.39, 0.29) is 5.91 Å². The molecule has 19 heavy (non-hydrogen) atoms. The number of imidazole rings is 1. The van der Waals surface area contributed by atoms with Gasteiger partial charge in [0.1, 0.15) is 5.75 Å². The molecule has 0 saturated carbocycles. The average molecular weight is 279 g/mol. The molecule has 1 aromatic heterocycles. The molecule has 5 nitrogen and oxygen atoms in total. The Balaban J connectivity index is 1.99. The van der Waals surface area contributed by atoms with Crippen molar-refractivity contribution in [2.45, 2.75) is 18.5 Å². The van der Waals surface area contributed by atoms with E-state index in [1.165, 1.54) is 11.8 Å². The first-order valence-corrected chi connectivity index (χ1v) is 7.14. The first-order chi connectivity index (χ1) is 9.22. The van der Waals surface area contributed by atoms with Crippen molar-refractivity contribution >= 4 is 28.7 Å². The fraction of sp³-hybridized carbons (Fsp3) is 0.385. The zero-order valence-electron chi connectivity index (χ0n) is 11.0. The number of carbonyl (C=O) groups is 1. The van der Waals surface area contributed by atoms with Gasteiger partial charge in [0.15, 0.2) is 5.16 Å². The number of benzene rings is 1. The topological polar surface area (TPSA) is 67.0 Å². The Bertz CT molecular complexity index is 568. The first-order valence-electron chi connectivity index (χ1n) is 6.16. The molecule has 0 aliphatic carbocycles. The van der Waals surface area contributed by atoms with E-state index in [0.717, 1.165) is 34.9 Å². The molecule has 1 aromatic carbocycles. The molecule has 0 aliphatic heterocycles. The molecule has 2 N–H and O–H groups in total. The van der Waals surface area contributed by atoms with Crippen molar-refractivity contribution < 1.29 is 9.53 Å². The monoisotopic (exact) mass is 279 g/mol. The summed E-state index contributed by atoms with van der Waals surface area (Å²) in [6.07, 6.45) is 0.945. The van der Waals surface area contributed by atoms with Gasteiger partial charge in [0.05, 0.1) is 23.9 Å². The maximum Gasteiger partial charge on any atom is 0.230 e. The van der Waals surface area contributed by atoms with E-state index in [4.69, 9.17) is 4.74 Å². The Morgan fingerprint density at radius 2 is 2.37 bits per heavy atom. The average Bonchev–Trinajstić information content (AvgIpc) is 2.84. The normalized spacial score (nSPS) is 10.6. The van der Waals surface area contributed by atoms with E-state index >= 15 is 0 Å². The van der Waals surface area contributed by atoms with Crippen LogP contribution >= 0.6 is 11.8 Å². The number of amides is 1. The summed E-state index contributed by atoms with van der Waals surface area (Å²) < 4.78 is 5.16. The summed E-state index contributed by atoms with van der Waals surface area (Å²) in [5.74, 6) is 1.19. The minimum Gasteiger partial charge on any atom is -0.497 e. The Labute approximate surface area is 116 Å². The Morgan fingerprint density at radius 3 is 3.11 bits per heavy atom. The molecule has 2 aromatic rings. The van der Waals surface area contributed by atoms with Crippen LogP contribution < -0.4 is 10.1 Å².